The van der Waals surface area contributed by atoms with Gasteiger partial charge in [0.1, 0.15) is 11.7 Å². The second kappa shape index (κ2) is 11.8. The fourth-order valence-electron chi connectivity index (χ4n) is 5.93. The minimum Gasteiger partial charge on any atom is -0.341 e. The molecule has 2 heterocycles. The van der Waals surface area contributed by atoms with Crippen LogP contribution in [0.4, 0.5) is 14.5 Å². The third kappa shape index (κ3) is 5.93. The molecule has 2 aliphatic carbocycles. The van der Waals surface area contributed by atoms with Crippen molar-refractivity contribution in [1.29, 1.82) is 0 Å². The van der Waals surface area contributed by atoms with Crippen molar-refractivity contribution in [3.63, 3.8) is 0 Å². The van der Waals surface area contributed by atoms with Crippen molar-refractivity contribution in [1.82, 2.24) is 4.57 Å². The molecular formula is C32H35BrF2N2. The molecule has 0 saturated heterocycles. The zero-order valence-electron chi connectivity index (χ0n) is 21.6. The maximum absolute atomic E-state index is 14.5. The maximum Gasteiger partial charge on any atom is 0.123 e. The Kier molecular flexibility index (Phi) is 8.29. The van der Waals surface area contributed by atoms with E-state index in [-0.39, 0.29) is 11.7 Å². The van der Waals surface area contributed by atoms with E-state index in [0.717, 1.165) is 72.8 Å². The molecule has 0 unspecified atom stereocenters. The molecule has 0 bridgehead atoms. The van der Waals surface area contributed by atoms with Gasteiger partial charge in [0, 0.05) is 40.0 Å². The number of aromatic nitrogens is 1. The molecule has 5 rings (SSSR count). The van der Waals surface area contributed by atoms with E-state index in [1.54, 1.807) is 24.3 Å². The third-order valence-electron chi connectivity index (χ3n) is 7.66. The Labute approximate surface area is 227 Å². The van der Waals surface area contributed by atoms with Gasteiger partial charge >= 0.3 is 0 Å². The summed E-state index contributed by atoms with van der Waals surface area (Å²) in [6, 6.07) is 6.54. The van der Waals surface area contributed by atoms with Crippen LogP contribution in [0.3, 0.4) is 0 Å². The molecule has 3 aliphatic rings. The van der Waals surface area contributed by atoms with Gasteiger partial charge in [-0.05, 0) is 124 Å². The molecular weight excluding hydrogens is 530 g/mol. The zero-order chi connectivity index (χ0) is 25.8. The van der Waals surface area contributed by atoms with Crippen molar-refractivity contribution in [2.45, 2.75) is 71.1 Å². The summed E-state index contributed by atoms with van der Waals surface area (Å²) in [4.78, 5) is 2.36. The van der Waals surface area contributed by atoms with Gasteiger partial charge in [0.05, 0.1) is 0 Å². The smallest absolute Gasteiger partial charge is 0.123 e. The summed E-state index contributed by atoms with van der Waals surface area (Å²) < 4.78 is 32.1. The van der Waals surface area contributed by atoms with E-state index in [4.69, 9.17) is 0 Å². The Morgan fingerprint density at radius 2 is 1.76 bits per heavy atom. The maximum atomic E-state index is 14.5. The second-order valence-electron chi connectivity index (χ2n) is 10.2. The van der Waals surface area contributed by atoms with Gasteiger partial charge in [0.15, 0.2) is 0 Å². The molecule has 2 aromatic rings. The van der Waals surface area contributed by atoms with Crippen LogP contribution < -0.4 is 4.90 Å². The van der Waals surface area contributed by atoms with Gasteiger partial charge in [-0.15, -0.1) is 0 Å². The molecule has 1 aliphatic heterocycles. The van der Waals surface area contributed by atoms with Crippen LogP contribution in [0.2, 0.25) is 0 Å². The number of halogens is 3. The molecule has 0 fully saturated rings. The number of allylic oxidation sites excluding steroid dienone is 8. The predicted octanol–water partition coefficient (Wildman–Crippen LogP) is 9.84. The van der Waals surface area contributed by atoms with Crippen molar-refractivity contribution in [3.05, 3.63) is 99.0 Å². The van der Waals surface area contributed by atoms with Gasteiger partial charge in [-0.3, -0.25) is 0 Å². The molecule has 0 spiro atoms. The SMILES string of the molecule is C/C=C\C(F)=C/c1cn(-c2cc(Br)cc(N3C/C=C\C(F)=C/CC4=C3CCCC4)c2)c2c1CCCCC2. The molecule has 0 amide bonds. The Morgan fingerprint density at radius 3 is 2.62 bits per heavy atom. The third-order valence-corrected chi connectivity index (χ3v) is 8.11. The second-order valence-corrected chi connectivity index (χ2v) is 11.1. The highest BCUT2D eigenvalue weighted by atomic mass is 79.9. The van der Waals surface area contributed by atoms with Gasteiger partial charge in [0.25, 0.3) is 0 Å². The highest BCUT2D eigenvalue weighted by Crippen LogP contribution is 2.37. The number of benzene rings is 1. The molecule has 0 N–H and O–H groups in total. The van der Waals surface area contributed by atoms with E-state index in [0.29, 0.717) is 13.0 Å². The normalized spacial score (nSPS) is 21.5. The molecule has 1 aromatic heterocycles. The first-order valence-electron chi connectivity index (χ1n) is 13.6. The fraction of sp³-hybridized carbons (Fsp3) is 0.375. The largest absolute Gasteiger partial charge is 0.341 e. The van der Waals surface area contributed by atoms with Crippen molar-refractivity contribution in [3.8, 4) is 5.69 Å². The van der Waals surface area contributed by atoms with Crippen molar-refractivity contribution < 1.29 is 8.78 Å². The van der Waals surface area contributed by atoms with Crippen LogP contribution >= 0.6 is 15.9 Å². The number of hydrogen-bond donors (Lipinski definition) is 0. The van der Waals surface area contributed by atoms with Crippen LogP contribution in [0, 0.1) is 0 Å². The number of fused-ring (bicyclic) bond motifs is 1. The van der Waals surface area contributed by atoms with Crippen LogP contribution in [0.25, 0.3) is 11.8 Å². The summed E-state index contributed by atoms with van der Waals surface area (Å²) >= 11 is 3.78. The number of anilines is 1. The molecule has 194 valence electrons. The summed E-state index contributed by atoms with van der Waals surface area (Å²) in [5.41, 5.74) is 8.36. The first-order chi connectivity index (χ1) is 18.0. The summed E-state index contributed by atoms with van der Waals surface area (Å²) in [7, 11) is 0. The van der Waals surface area contributed by atoms with Crippen LogP contribution in [0.1, 0.15) is 75.1 Å². The Bertz CT molecular complexity index is 1310. The predicted molar refractivity (Wildman–Crippen MR) is 154 cm³/mol. The van der Waals surface area contributed by atoms with E-state index in [1.807, 2.05) is 13.0 Å². The van der Waals surface area contributed by atoms with Crippen LogP contribution in [-0.4, -0.2) is 11.1 Å². The monoisotopic (exact) mass is 564 g/mol. The van der Waals surface area contributed by atoms with Gasteiger partial charge < -0.3 is 9.47 Å². The molecule has 0 radical (unpaired) electrons. The van der Waals surface area contributed by atoms with Crippen LogP contribution in [-0.2, 0) is 12.8 Å². The first-order valence-corrected chi connectivity index (χ1v) is 14.4. The molecule has 37 heavy (non-hydrogen) atoms. The number of hydrogen-bond acceptors (Lipinski definition) is 1. The Balaban J connectivity index is 1.61. The van der Waals surface area contributed by atoms with Gasteiger partial charge in [-0.1, -0.05) is 34.5 Å². The topological polar surface area (TPSA) is 8.17 Å². The van der Waals surface area contributed by atoms with Crippen molar-refractivity contribution in [2.24, 2.45) is 0 Å². The molecule has 0 saturated carbocycles. The summed E-state index contributed by atoms with van der Waals surface area (Å²) in [5, 5.41) is 0. The fourth-order valence-corrected chi connectivity index (χ4v) is 6.40. The Hall–Kier alpha value is -2.66. The molecule has 5 heteroatoms. The standard InChI is InChI=1S/C32H35BrF2N2/c1-2-9-27(35)18-24-22-37(32-14-5-3-4-12-30(24)32)29-20-25(33)19-28(21-29)36-17-8-11-26(34)16-15-23-10-6-7-13-31(23)36/h2,8-9,11,16,18-22H,3-7,10,12-15,17H2,1H3/b9-2-,11-8-,26-16+,27-18+. The first kappa shape index (κ1) is 26.0. The average Bonchev–Trinajstić information content (AvgIpc) is 3.07. The van der Waals surface area contributed by atoms with E-state index >= 15 is 0 Å². The van der Waals surface area contributed by atoms with Gasteiger partial charge in [-0.25, -0.2) is 8.78 Å². The highest BCUT2D eigenvalue weighted by molar-refractivity contribution is 9.10. The summed E-state index contributed by atoms with van der Waals surface area (Å²) in [6.07, 6.45) is 22.7. The van der Waals surface area contributed by atoms with Crippen molar-refractivity contribution >= 4 is 27.7 Å². The lowest BCUT2D eigenvalue weighted by Crippen LogP contribution is -2.25. The highest BCUT2D eigenvalue weighted by Gasteiger charge is 2.22. The lowest BCUT2D eigenvalue weighted by atomic mass is 9.92. The zero-order valence-corrected chi connectivity index (χ0v) is 23.2. The minimum atomic E-state index is -0.220. The van der Waals surface area contributed by atoms with Crippen LogP contribution in [0.15, 0.2) is 82.2 Å². The quantitative estimate of drug-likeness (QED) is 0.265. The van der Waals surface area contributed by atoms with E-state index in [1.165, 1.54) is 35.0 Å². The minimum absolute atomic E-state index is 0.157. The summed E-state index contributed by atoms with van der Waals surface area (Å²) in [6.45, 7) is 2.46. The lowest BCUT2D eigenvalue weighted by Gasteiger charge is -2.32. The lowest BCUT2D eigenvalue weighted by molar-refractivity contribution is 0.637. The summed E-state index contributed by atoms with van der Waals surface area (Å²) in [5.74, 6) is -0.377. The molecule has 2 nitrogen and oxygen atoms in total. The van der Waals surface area contributed by atoms with Gasteiger partial charge in [-0.2, -0.15) is 0 Å². The number of rotatable bonds is 4. The molecule has 0 atom stereocenters. The number of nitrogens with zero attached hydrogens (tertiary/aromatic N) is 2. The van der Waals surface area contributed by atoms with Gasteiger partial charge in [0.2, 0.25) is 0 Å². The van der Waals surface area contributed by atoms with E-state index < -0.39 is 0 Å². The van der Waals surface area contributed by atoms with Crippen LogP contribution in [0.5, 0.6) is 0 Å². The van der Waals surface area contributed by atoms with E-state index in [2.05, 4.69) is 49.8 Å². The molecule has 1 aromatic carbocycles. The Morgan fingerprint density at radius 1 is 0.973 bits per heavy atom. The van der Waals surface area contributed by atoms with E-state index in [9.17, 15) is 8.78 Å². The van der Waals surface area contributed by atoms with Crippen molar-refractivity contribution in [2.75, 3.05) is 11.4 Å². The average molecular weight is 566 g/mol.